The molecule has 1 aliphatic heterocycles. The van der Waals surface area contributed by atoms with Gasteiger partial charge in [-0.2, -0.15) is 0 Å². The quantitative estimate of drug-likeness (QED) is 0.504. The van der Waals surface area contributed by atoms with Gasteiger partial charge in [0.25, 0.3) is 0 Å². The van der Waals surface area contributed by atoms with E-state index in [1.54, 1.807) is 0 Å². The Balaban J connectivity index is 1.96. The number of nitrogens with one attached hydrogen (secondary N) is 1. The molecule has 94 valence electrons. The highest BCUT2D eigenvalue weighted by molar-refractivity contribution is 4.71. The molecule has 0 aromatic carbocycles. The zero-order valence-corrected chi connectivity index (χ0v) is 10.9. The van der Waals surface area contributed by atoms with Crippen molar-refractivity contribution in [3.63, 3.8) is 0 Å². The summed E-state index contributed by atoms with van der Waals surface area (Å²) in [6, 6.07) is 0. The van der Waals surface area contributed by atoms with Crippen molar-refractivity contribution in [2.75, 3.05) is 33.2 Å². The molecule has 1 N–H and O–H groups in total. The lowest BCUT2D eigenvalue weighted by atomic mass is 9.97. The average Bonchev–Trinajstić information content (AvgIpc) is 2.30. The summed E-state index contributed by atoms with van der Waals surface area (Å²) in [6.07, 6.45) is 9.93. The molecular formula is C14H28N2. The maximum absolute atomic E-state index is 3.75. The molecule has 0 radical (unpaired) electrons. The molecule has 2 nitrogen and oxygen atoms in total. The molecule has 0 aliphatic carbocycles. The van der Waals surface area contributed by atoms with Gasteiger partial charge in [0, 0.05) is 6.54 Å². The zero-order chi connectivity index (χ0) is 11.6. The number of nitrogens with zero attached hydrogens (tertiary/aromatic N) is 1. The molecule has 1 fully saturated rings. The number of hydrogen-bond donors (Lipinski definition) is 1. The average molecular weight is 224 g/mol. The molecule has 1 rings (SSSR count). The van der Waals surface area contributed by atoms with Crippen molar-refractivity contribution in [3.8, 4) is 0 Å². The minimum absolute atomic E-state index is 0.930. The molecule has 0 bridgehead atoms. The molecule has 2 heteroatoms. The molecule has 0 aromatic heterocycles. The molecule has 0 aromatic rings. The Morgan fingerprint density at radius 3 is 2.69 bits per heavy atom. The standard InChI is InChI=1S/C14H28N2/c1-3-4-5-6-7-12-16(2)13-14-8-10-15-11-9-14/h3,14-15H,1,4-13H2,2H3. The fraction of sp³-hybridized carbons (Fsp3) is 0.857. The van der Waals surface area contributed by atoms with Crippen LogP contribution in [0.2, 0.25) is 0 Å². The Labute approximate surface area is 101 Å². The monoisotopic (exact) mass is 224 g/mol. The highest BCUT2D eigenvalue weighted by Crippen LogP contribution is 2.13. The second-order valence-corrected chi connectivity index (χ2v) is 5.09. The molecule has 0 spiro atoms. The van der Waals surface area contributed by atoms with Crippen molar-refractivity contribution in [1.29, 1.82) is 0 Å². The van der Waals surface area contributed by atoms with Crippen LogP contribution in [-0.2, 0) is 0 Å². The molecule has 1 aliphatic rings. The fourth-order valence-corrected chi connectivity index (χ4v) is 2.44. The molecule has 16 heavy (non-hydrogen) atoms. The summed E-state index contributed by atoms with van der Waals surface area (Å²) in [6.45, 7) is 8.75. The fourth-order valence-electron chi connectivity index (χ4n) is 2.44. The van der Waals surface area contributed by atoms with Crippen molar-refractivity contribution >= 4 is 0 Å². The van der Waals surface area contributed by atoms with E-state index in [0.717, 1.165) is 5.92 Å². The van der Waals surface area contributed by atoms with E-state index in [-0.39, 0.29) is 0 Å². The zero-order valence-electron chi connectivity index (χ0n) is 10.9. The van der Waals surface area contributed by atoms with E-state index in [4.69, 9.17) is 0 Å². The van der Waals surface area contributed by atoms with E-state index in [1.807, 2.05) is 6.08 Å². The summed E-state index contributed by atoms with van der Waals surface area (Å²) >= 11 is 0. The van der Waals surface area contributed by atoms with Gasteiger partial charge in [0.05, 0.1) is 0 Å². The summed E-state index contributed by atoms with van der Waals surface area (Å²) in [7, 11) is 2.27. The van der Waals surface area contributed by atoms with Crippen molar-refractivity contribution in [2.45, 2.75) is 38.5 Å². The van der Waals surface area contributed by atoms with Gasteiger partial charge < -0.3 is 10.2 Å². The summed E-state index contributed by atoms with van der Waals surface area (Å²) < 4.78 is 0. The van der Waals surface area contributed by atoms with E-state index < -0.39 is 0 Å². The molecule has 0 atom stereocenters. The topological polar surface area (TPSA) is 15.3 Å². The first-order valence-electron chi connectivity index (χ1n) is 6.83. The van der Waals surface area contributed by atoms with Crippen LogP contribution in [0.3, 0.4) is 0 Å². The third kappa shape index (κ3) is 6.29. The van der Waals surface area contributed by atoms with Gasteiger partial charge in [-0.25, -0.2) is 0 Å². The first kappa shape index (κ1) is 13.7. The molecule has 0 unspecified atom stereocenters. The van der Waals surface area contributed by atoms with Crippen molar-refractivity contribution in [3.05, 3.63) is 12.7 Å². The summed E-state index contributed by atoms with van der Waals surface area (Å²) in [4.78, 5) is 2.52. The van der Waals surface area contributed by atoms with E-state index in [9.17, 15) is 0 Å². The van der Waals surface area contributed by atoms with Gasteiger partial charge in [-0.15, -0.1) is 6.58 Å². The third-order valence-electron chi connectivity index (χ3n) is 3.48. The van der Waals surface area contributed by atoms with Gasteiger partial charge in [-0.3, -0.25) is 0 Å². The number of unbranched alkanes of at least 4 members (excludes halogenated alkanes) is 3. The lowest BCUT2D eigenvalue weighted by Gasteiger charge is -2.27. The first-order chi connectivity index (χ1) is 7.83. The van der Waals surface area contributed by atoms with Crippen LogP contribution in [-0.4, -0.2) is 38.1 Å². The smallest absolute Gasteiger partial charge is 0.000755 e. The van der Waals surface area contributed by atoms with E-state index >= 15 is 0 Å². The molecular weight excluding hydrogens is 196 g/mol. The normalized spacial score (nSPS) is 17.9. The number of piperidine rings is 1. The van der Waals surface area contributed by atoms with Gasteiger partial charge in [0.2, 0.25) is 0 Å². The van der Waals surface area contributed by atoms with Crippen LogP contribution in [0.5, 0.6) is 0 Å². The van der Waals surface area contributed by atoms with Gasteiger partial charge in [0.15, 0.2) is 0 Å². The largest absolute Gasteiger partial charge is 0.317 e. The Kier molecular flexibility index (Phi) is 7.52. The van der Waals surface area contributed by atoms with Crippen LogP contribution in [0.25, 0.3) is 0 Å². The van der Waals surface area contributed by atoms with Gasteiger partial charge in [-0.1, -0.05) is 12.5 Å². The molecule has 0 amide bonds. The summed E-state index contributed by atoms with van der Waals surface area (Å²) in [5, 5.41) is 3.43. The number of allylic oxidation sites excluding steroid dienone is 1. The molecule has 0 saturated carbocycles. The van der Waals surface area contributed by atoms with Crippen LogP contribution in [0.15, 0.2) is 12.7 Å². The molecule has 1 heterocycles. The van der Waals surface area contributed by atoms with Gasteiger partial charge in [0.1, 0.15) is 0 Å². The summed E-state index contributed by atoms with van der Waals surface area (Å²) in [5.74, 6) is 0.930. The van der Waals surface area contributed by atoms with E-state index in [0.29, 0.717) is 0 Å². The van der Waals surface area contributed by atoms with Crippen LogP contribution in [0.4, 0.5) is 0 Å². The third-order valence-corrected chi connectivity index (χ3v) is 3.48. The van der Waals surface area contributed by atoms with Crippen LogP contribution >= 0.6 is 0 Å². The maximum Gasteiger partial charge on any atom is 0.000755 e. The SMILES string of the molecule is C=CCCCCCN(C)CC1CCNCC1. The van der Waals surface area contributed by atoms with E-state index in [2.05, 4.69) is 23.8 Å². The van der Waals surface area contributed by atoms with Gasteiger partial charge >= 0.3 is 0 Å². The number of hydrogen-bond acceptors (Lipinski definition) is 2. The Morgan fingerprint density at radius 2 is 2.00 bits per heavy atom. The summed E-state index contributed by atoms with van der Waals surface area (Å²) in [5.41, 5.74) is 0. The van der Waals surface area contributed by atoms with Crippen LogP contribution in [0, 0.1) is 5.92 Å². The Bertz CT molecular complexity index is 174. The Morgan fingerprint density at radius 1 is 1.25 bits per heavy atom. The lowest BCUT2D eigenvalue weighted by molar-refractivity contribution is 0.237. The maximum atomic E-state index is 3.75. The second kappa shape index (κ2) is 8.77. The predicted molar refractivity (Wildman–Crippen MR) is 71.8 cm³/mol. The lowest BCUT2D eigenvalue weighted by Crippen LogP contribution is -2.34. The predicted octanol–water partition coefficient (Wildman–Crippen LogP) is 2.66. The van der Waals surface area contributed by atoms with Crippen molar-refractivity contribution in [1.82, 2.24) is 10.2 Å². The first-order valence-corrected chi connectivity index (χ1v) is 6.83. The highest BCUT2D eigenvalue weighted by atomic mass is 15.1. The minimum atomic E-state index is 0.930. The minimum Gasteiger partial charge on any atom is -0.317 e. The van der Waals surface area contributed by atoms with Crippen LogP contribution < -0.4 is 5.32 Å². The Hall–Kier alpha value is -0.340. The molecule has 1 saturated heterocycles. The number of rotatable bonds is 8. The van der Waals surface area contributed by atoms with Gasteiger partial charge in [-0.05, 0) is 64.7 Å². The second-order valence-electron chi connectivity index (χ2n) is 5.09. The van der Waals surface area contributed by atoms with Crippen molar-refractivity contribution in [2.24, 2.45) is 5.92 Å². The highest BCUT2D eigenvalue weighted by Gasteiger charge is 2.14. The van der Waals surface area contributed by atoms with E-state index in [1.165, 1.54) is 64.7 Å². The van der Waals surface area contributed by atoms with Crippen molar-refractivity contribution < 1.29 is 0 Å². The van der Waals surface area contributed by atoms with Crippen LogP contribution in [0.1, 0.15) is 38.5 Å².